The van der Waals surface area contributed by atoms with Gasteiger partial charge in [0.1, 0.15) is 5.75 Å². The minimum Gasteiger partial charge on any atom is -0.496 e. The van der Waals surface area contributed by atoms with Gasteiger partial charge in [-0.1, -0.05) is 31.9 Å². The number of ether oxygens (including phenoxy) is 1. The fraction of sp³-hybridized carbons (Fsp3) is 0.647. The van der Waals surface area contributed by atoms with Gasteiger partial charge >= 0.3 is 0 Å². The van der Waals surface area contributed by atoms with Crippen molar-refractivity contribution in [3.05, 3.63) is 29.3 Å². The lowest BCUT2D eigenvalue weighted by Crippen LogP contribution is -2.51. The third kappa shape index (κ3) is 3.53. The summed E-state index contributed by atoms with van der Waals surface area (Å²) in [4.78, 5) is 0. The Morgan fingerprint density at radius 3 is 2.85 bits per heavy atom. The first-order valence-corrected chi connectivity index (χ1v) is 7.58. The first-order valence-electron chi connectivity index (χ1n) is 7.58. The summed E-state index contributed by atoms with van der Waals surface area (Å²) in [5.74, 6) is 1.62. The van der Waals surface area contributed by atoms with E-state index in [1.165, 1.54) is 18.4 Å². The molecule has 0 heterocycles. The van der Waals surface area contributed by atoms with Crippen LogP contribution in [-0.4, -0.2) is 24.4 Å². The van der Waals surface area contributed by atoms with Crippen molar-refractivity contribution in [1.29, 1.82) is 0 Å². The Morgan fingerprint density at radius 2 is 2.25 bits per heavy atom. The Morgan fingerprint density at radius 1 is 1.45 bits per heavy atom. The van der Waals surface area contributed by atoms with Gasteiger partial charge in [0.25, 0.3) is 0 Å². The summed E-state index contributed by atoms with van der Waals surface area (Å²) in [6.45, 7) is 5.38. The lowest BCUT2D eigenvalue weighted by atomic mass is 9.77. The zero-order valence-corrected chi connectivity index (χ0v) is 12.9. The zero-order chi connectivity index (χ0) is 14.6. The van der Waals surface area contributed by atoms with E-state index < -0.39 is 0 Å². The van der Waals surface area contributed by atoms with E-state index in [4.69, 9.17) is 4.74 Å². The first-order chi connectivity index (χ1) is 9.58. The van der Waals surface area contributed by atoms with Crippen molar-refractivity contribution in [2.24, 2.45) is 5.92 Å². The third-order valence-electron chi connectivity index (χ3n) is 4.52. The molecule has 0 bridgehead atoms. The van der Waals surface area contributed by atoms with Crippen molar-refractivity contribution >= 4 is 0 Å². The molecule has 1 aliphatic carbocycles. The number of hydrogen-bond donors (Lipinski definition) is 2. The molecule has 3 heteroatoms. The molecule has 20 heavy (non-hydrogen) atoms. The highest BCUT2D eigenvalue weighted by atomic mass is 16.5. The van der Waals surface area contributed by atoms with E-state index in [9.17, 15) is 5.11 Å². The van der Waals surface area contributed by atoms with E-state index >= 15 is 0 Å². The average molecular weight is 277 g/mol. The van der Waals surface area contributed by atoms with Gasteiger partial charge in [-0.05, 0) is 42.9 Å². The highest BCUT2D eigenvalue weighted by Crippen LogP contribution is 2.32. The summed E-state index contributed by atoms with van der Waals surface area (Å²) in [6, 6.07) is 6.26. The number of nitrogens with one attached hydrogen (secondary N) is 1. The zero-order valence-electron chi connectivity index (χ0n) is 12.9. The van der Waals surface area contributed by atoms with Crippen LogP contribution in [0.15, 0.2) is 18.2 Å². The minimum atomic E-state index is -0.0918. The van der Waals surface area contributed by atoms with E-state index in [-0.39, 0.29) is 12.1 Å². The molecule has 0 aliphatic heterocycles. The number of methoxy groups -OCH3 is 1. The monoisotopic (exact) mass is 277 g/mol. The fourth-order valence-corrected chi connectivity index (χ4v) is 3.36. The predicted octanol–water partition coefficient (Wildman–Crippen LogP) is 3.03. The number of aryl methyl sites for hydroxylation is 1. The molecule has 1 aromatic carbocycles. The van der Waals surface area contributed by atoms with Gasteiger partial charge in [0, 0.05) is 12.1 Å². The quantitative estimate of drug-likeness (QED) is 0.869. The van der Waals surface area contributed by atoms with E-state index in [2.05, 4.69) is 31.3 Å². The molecular formula is C17H27NO2. The van der Waals surface area contributed by atoms with Crippen molar-refractivity contribution in [2.75, 3.05) is 13.7 Å². The molecule has 2 atom stereocenters. The summed E-state index contributed by atoms with van der Waals surface area (Å²) >= 11 is 0. The number of aliphatic hydroxyl groups excluding tert-OH is 1. The van der Waals surface area contributed by atoms with Crippen LogP contribution in [0.3, 0.4) is 0 Å². The van der Waals surface area contributed by atoms with Crippen LogP contribution < -0.4 is 10.1 Å². The van der Waals surface area contributed by atoms with Gasteiger partial charge in [-0.2, -0.15) is 0 Å². The maximum atomic E-state index is 9.79. The summed E-state index contributed by atoms with van der Waals surface area (Å²) in [5, 5.41) is 13.4. The van der Waals surface area contributed by atoms with Gasteiger partial charge in [0.15, 0.2) is 0 Å². The SMILES string of the molecule is COc1ccc(CNC2(CO)CCCC(C)C2)cc1C. The summed E-state index contributed by atoms with van der Waals surface area (Å²) in [6.07, 6.45) is 4.63. The average Bonchev–Trinajstić information content (AvgIpc) is 2.45. The molecule has 0 aromatic heterocycles. The lowest BCUT2D eigenvalue weighted by Gasteiger charge is -2.39. The summed E-state index contributed by atoms with van der Waals surface area (Å²) in [5.41, 5.74) is 2.31. The molecule has 1 aliphatic rings. The molecule has 1 aromatic rings. The number of rotatable bonds is 5. The molecule has 0 amide bonds. The van der Waals surface area contributed by atoms with Gasteiger partial charge in [0.05, 0.1) is 13.7 Å². The van der Waals surface area contributed by atoms with Gasteiger partial charge in [-0.15, -0.1) is 0 Å². The van der Waals surface area contributed by atoms with Crippen LogP contribution >= 0.6 is 0 Å². The van der Waals surface area contributed by atoms with Crippen molar-refractivity contribution in [1.82, 2.24) is 5.32 Å². The number of benzene rings is 1. The van der Waals surface area contributed by atoms with Gasteiger partial charge in [-0.3, -0.25) is 0 Å². The van der Waals surface area contributed by atoms with Crippen molar-refractivity contribution < 1.29 is 9.84 Å². The normalized spacial score (nSPS) is 26.5. The maximum Gasteiger partial charge on any atom is 0.121 e. The van der Waals surface area contributed by atoms with E-state index in [1.54, 1.807) is 7.11 Å². The van der Waals surface area contributed by atoms with Crippen LogP contribution in [0.1, 0.15) is 43.7 Å². The van der Waals surface area contributed by atoms with Gasteiger partial charge in [-0.25, -0.2) is 0 Å². The van der Waals surface area contributed by atoms with Crippen LogP contribution in [0.5, 0.6) is 5.75 Å². The second-order valence-corrected chi connectivity index (χ2v) is 6.30. The molecule has 1 saturated carbocycles. The molecule has 2 unspecified atom stereocenters. The Balaban J connectivity index is 2.01. The minimum absolute atomic E-state index is 0.0918. The highest BCUT2D eigenvalue weighted by Gasteiger charge is 2.33. The standard InChI is InChI=1S/C17H27NO2/c1-13-5-4-8-17(10-13,12-19)18-11-15-6-7-16(20-3)14(2)9-15/h6-7,9,13,18-19H,4-5,8,10-12H2,1-3H3. The molecule has 0 radical (unpaired) electrons. The molecule has 0 saturated heterocycles. The molecule has 1 fully saturated rings. The molecular weight excluding hydrogens is 250 g/mol. The second kappa shape index (κ2) is 6.59. The molecule has 2 rings (SSSR count). The Kier molecular flexibility index (Phi) is 5.06. The van der Waals surface area contributed by atoms with Crippen LogP contribution in [0.25, 0.3) is 0 Å². The second-order valence-electron chi connectivity index (χ2n) is 6.30. The van der Waals surface area contributed by atoms with Gasteiger partial charge in [0.2, 0.25) is 0 Å². The van der Waals surface area contributed by atoms with E-state index in [0.29, 0.717) is 5.92 Å². The smallest absolute Gasteiger partial charge is 0.121 e. The van der Waals surface area contributed by atoms with Crippen molar-refractivity contribution in [3.63, 3.8) is 0 Å². The Labute approximate surface area is 122 Å². The third-order valence-corrected chi connectivity index (χ3v) is 4.52. The Bertz CT molecular complexity index is 447. The lowest BCUT2D eigenvalue weighted by molar-refractivity contribution is 0.0982. The van der Waals surface area contributed by atoms with Gasteiger partial charge < -0.3 is 15.2 Å². The van der Waals surface area contributed by atoms with Crippen molar-refractivity contribution in [3.8, 4) is 5.75 Å². The van der Waals surface area contributed by atoms with Crippen LogP contribution in [0.2, 0.25) is 0 Å². The molecule has 2 N–H and O–H groups in total. The fourth-order valence-electron chi connectivity index (χ4n) is 3.36. The molecule has 3 nitrogen and oxygen atoms in total. The predicted molar refractivity (Wildman–Crippen MR) is 82.0 cm³/mol. The van der Waals surface area contributed by atoms with Crippen LogP contribution in [0, 0.1) is 12.8 Å². The number of hydrogen-bond acceptors (Lipinski definition) is 3. The largest absolute Gasteiger partial charge is 0.496 e. The van der Waals surface area contributed by atoms with Crippen molar-refractivity contribution in [2.45, 2.75) is 51.6 Å². The topological polar surface area (TPSA) is 41.5 Å². The Hall–Kier alpha value is -1.06. The van der Waals surface area contributed by atoms with E-state index in [0.717, 1.165) is 30.7 Å². The van der Waals surface area contributed by atoms with Crippen LogP contribution in [-0.2, 0) is 6.54 Å². The summed E-state index contributed by atoms with van der Waals surface area (Å²) in [7, 11) is 1.70. The molecule has 0 spiro atoms. The molecule has 112 valence electrons. The number of aliphatic hydroxyl groups is 1. The van der Waals surface area contributed by atoms with E-state index in [1.807, 2.05) is 6.07 Å². The maximum absolute atomic E-state index is 9.79. The first kappa shape index (κ1) is 15.3. The van der Waals surface area contributed by atoms with Crippen LogP contribution in [0.4, 0.5) is 0 Å². The highest BCUT2D eigenvalue weighted by molar-refractivity contribution is 5.36. The summed E-state index contributed by atoms with van der Waals surface area (Å²) < 4.78 is 5.29.